The first-order chi connectivity index (χ1) is 8.83. The van der Waals surface area contributed by atoms with Crippen molar-refractivity contribution in [2.75, 3.05) is 12.0 Å². The summed E-state index contributed by atoms with van der Waals surface area (Å²) in [4.78, 5) is 8.23. The molecule has 0 radical (unpaired) electrons. The highest BCUT2D eigenvalue weighted by molar-refractivity contribution is 5.47. The van der Waals surface area contributed by atoms with Crippen molar-refractivity contribution in [1.29, 1.82) is 0 Å². The SMILES string of the molecule is CCCCCCCOc1ncnc(NN)c1CC. The topological polar surface area (TPSA) is 73.1 Å². The molecular formula is C13H24N4O. The molecule has 0 aliphatic heterocycles. The molecule has 0 aromatic carbocycles. The number of nitrogens with one attached hydrogen (secondary N) is 1. The molecule has 0 aliphatic carbocycles. The number of nitrogens with zero attached hydrogens (tertiary/aromatic N) is 2. The number of nitrogen functional groups attached to an aromatic ring is 1. The quantitative estimate of drug-likeness (QED) is 0.401. The molecule has 5 heteroatoms. The van der Waals surface area contributed by atoms with E-state index >= 15 is 0 Å². The zero-order valence-electron chi connectivity index (χ0n) is 11.4. The van der Waals surface area contributed by atoms with Gasteiger partial charge in [-0.15, -0.1) is 0 Å². The Morgan fingerprint density at radius 3 is 2.61 bits per heavy atom. The van der Waals surface area contributed by atoms with Gasteiger partial charge in [0, 0.05) is 0 Å². The monoisotopic (exact) mass is 252 g/mol. The van der Waals surface area contributed by atoms with Gasteiger partial charge in [-0.1, -0.05) is 39.5 Å². The minimum atomic E-state index is 0.647. The smallest absolute Gasteiger partial charge is 0.221 e. The lowest BCUT2D eigenvalue weighted by Crippen LogP contribution is -2.13. The molecule has 1 aromatic heterocycles. The maximum atomic E-state index is 5.70. The van der Waals surface area contributed by atoms with E-state index in [1.165, 1.54) is 32.0 Å². The Kier molecular flexibility index (Phi) is 7.10. The van der Waals surface area contributed by atoms with E-state index in [1.807, 2.05) is 6.92 Å². The molecule has 0 amide bonds. The van der Waals surface area contributed by atoms with Crippen molar-refractivity contribution in [3.63, 3.8) is 0 Å². The maximum absolute atomic E-state index is 5.70. The van der Waals surface area contributed by atoms with Crippen LogP contribution < -0.4 is 16.0 Å². The lowest BCUT2D eigenvalue weighted by Gasteiger charge is -2.11. The van der Waals surface area contributed by atoms with Crippen LogP contribution in [-0.4, -0.2) is 16.6 Å². The van der Waals surface area contributed by atoms with E-state index in [0.717, 1.165) is 18.4 Å². The second-order valence-corrected chi connectivity index (χ2v) is 4.27. The minimum absolute atomic E-state index is 0.647. The van der Waals surface area contributed by atoms with Gasteiger partial charge in [-0.25, -0.2) is 15.8 Å². The second kappa shape index (κ2) is 8.69. The van der Waals surface area contributed by atoms with Gasteiger partial charge in [0.1, 0.15) is 12.1 Å². The third kappa shape index (κ3) is 4.49. The number of hydrogen-bond donors (Lipinski definition) is 2. The molecule has 18 heavy (non-hydrogen) atoms. The van der Waals surface area contributed by atoms with Crippen molar-refractivity contribution in [3.05, 3.63) is 11.9 Å². The van der Waals surface area contributed by atoms with E-state index in [9.17, 15) is 0 Å². The lowest BCUT2D eigenvalue weighted by molar-refractivity contribution is 0.290. The highest BCUT2D eigenvalue weighted by atomic mass is 16.5. The largest absolute Gasteiger partial charge is 0.477 e. The van der Waals surface area contributed by atoms with Crippen LogP contribution in [0.4, 0.5) is 5.82 Å². The predicted octanol–water partition coefficient (Wildman–Crippen LogP) is 2.67. The summed E-state index contributed by atoms with van der Waals surface area (Å²) in [6, 6.07) is 0. The molecule has 1 aromatic rings. The Labute approximate surface area is 109 Å². The third-order valence-corrected chi connectivity index (χ3v) is 2.88. The minimum Gasteiger partial charge on any atom is -0.477 e. The number of nitrogens with two attached hydrogens (primary N) is 1. The zero-order valence-corrected chi connectivity index (χ0v) is 11.4. The van der Waals surface area contributed by atoms with E-state index < -0.39 is 0 Å². The first-order valence-electron chi connectivity index (χ1n) is 6.76. The van der Waals surface area contributed by atoms with Gasteiger partial charge < -0.3 is 10.2 Å². The van der Waals surface area contributed by atoms with Crippen LogP contribution in [0.1, 0.15) is 51.5 Å². The van der Waals surface area contributed by atoms with Crippen LogP contribution in [0.15, 0.2) is 6.33 Å². The molecule has 5 nitrogen and oxygen atoms in total. The standard InChI is InChI=1S/C13H24N4O/c1-3-5-6-7-8-9-18-13-11(4-2)12(17-14)15-10-16-13/h10H,3-9,14H2,1-2H3,(H,15,16,17). The van der Waals surface area contributed by atoms with Crippen LogP contribution in [0.5, 0.6) is 5.88 Å². The van der Waals surface area contributed by atoms with Crippen molar-refractivity contribution in [3.8, 4) is 5.88 Å². The van der Waals surface area contributed by atoms with Gasteiger partial charge in [0.25, 0.3) is 0 Å². The molecule has 102 valence electrons. The van der Waals surface area contributed by atoms with Crippen LogP contribution in [0.2, 0.25) is 0 Å². The van der Waals surface area contributed by atoms with Crippen molar-refractivity contribution < 1.29 is 4.74 Å². The van der Waals surface area contributed by atoms with E-state index in [1.54, 1.807) is 0 Å². The van der Waals surface area contributed by atoms with Gasteiger partial charge >= 0.3 is 0 Å². The van der Waals surface area contributed by atoms with Gasteiger partial charge in [0.2, 0.25) is 5.88 Å². The highest BCUT2D eigenvalue weighted by Gasteiger charge is 2.09. The summed E-state index contributed by atoms with van der Waals surface area (Å²) < 4.78 is 5.70. The Bertz CT molecular complexity index is 344. The summed E-state index contributed by atoms with van der Waals surface area (Å²) in [7, 11) is 0. The molecule has 3 N–H and O–H groups in total. The summed E-state index contributed by atoms with van der Waals surface area (Å²) in [6.45, 7) is 4.96. The first kappa shape index (κ1) is 14.7. The molecule has 1 rings (SSSR count). The molecule has 0 atom stereocenters. The van der Waals surface area contributed by atoms with E-state index in [4.69, 9.17) is 10.6 Å². The number of hydrogen-bond acceptors (Lipinski definition) is 5. The maximum Gasteiger partial charge on any atom is 0.221 e. The van der Waals surface area contributed by atoms with Crippen molar-refractivity contribution in [2.24, 2.45) is 5.84 Å². The average molecular weight is 252 g/mol. The van der Waals surface area contributed by atoms with Gasteiger partial charge in [-0.2, -0.15) is 0 Å². The molecule has 1 heterocycles. The van der Waals surface area contributed by atoms with Crippen LogP contribution >= 0.6 is 0 Å². The van der Waals surface area contributed by atoms with Gasteiger partial charge in [0.05, 0.1) is 12.2 Å². The summed E-state index contributed by atoms with van der Waals surface area (Å²) >= 11 is 0. The average Bonchev–Trinajstić information content (AvgIpc) is 2.42. The molecule has 0 aliphatic rings. The molecular weight excluding hydrogens is 228 g/mol. The van der Waals surface area contributed by atoms with Gasteiger partial charge in [-0.3, -0.25) is 0 Å². The fraction of sp³-hybridized carbons (Fsp3) is 0.692. The lowest BCUT2D eigenvalue weighted by atomic mass is 10.2. The van der Waals surface area contributed by atoms with Gasteiger partial charge in [-0.05, 0) is 12.8 Å². The number of rotatable bonds is 9. The fourth-order valence-corrected chi connectivity index (χ4v) is 1.84. The summed E-state index contributed by atoms with van der Waals surface area (Å²) in [5, 5.41) is 0. The molecule has 0 bridgehead atoms. The molecule has 0 spiro atoms. The zero-order chi connectivity index (χ0) is 13.2. The number of ether oxygens (including phenoxy) is 1. The Hall–Kier alpha value is -1.36. The predicted molar refractivity (Wildman–Crippen MR) is 73.5 cm³/mol. The number of aromatic nitrogens is 2. The molecule has 0 saturated carbocycles. The Balaban J connectivity index is 2.41. The van der Waals surface area contributed by atoms with E-state index in [-0.39, 0.29) is 0 Å². The molecule has 0 fully saturated rings. The third-order valence-electron chi connectivity index (χ3n) is 2.88. The number of hydrazine groups is 1. The highest BCUT2D eigenvalue weighted by Crippen LogP contribution is 2.21. The molecule has 0 unspecified atom stereocenters. The van der Waals surface area contributed by atoms with Crippen molar-refractivity contribution in [2.45, 2.75) is 52.4 Å². The van der Waals surface area contributed by atoms with Crippen LogP contribution in [0.3, 0.4) is 0 Å². The Morgan fingerprint density at radius 1 is 1.17 bits per heavy atom. The van der Waals surface area contributed by atoms with Crippen LogP contribution in [0, 0.1) is 0 Å². The van der Waals surface area contributed by atoms with Crippen LogP contribution in [0.25, 0.3) is 0 Å². The van der Waals surface area contributed by atoms with Crippen molar-refractivity contribution in [1.82, 2.24) is 9.97 Å². The molecule has 0 saturated heterocycles. The fourth-order valence-electron chi connectivity index (χ4n) is 1.84. The van der Waals surface area contributed by atoms with Gasteiger partial charge in [0.15, 0.2) is 0 Å². The Morgan fingerprint density at radius 2 is 1.94 bits per heavy atom. The van der Waals surface area contributed by atoms with E-state index in [2.05, 4.69) is 22.3 Å². The first-order valence-corrected chi connectivity index (χ1v) is 6.76. The number of unbranched alkanes of at least 4 members (excludes halogenated alkanes) is 4. The van der Waals surface area contributed by atoms with Crippen molar-refractivity contribution >= 4 is 5.82 Å². The summed E-state index contributed by atoms with van der Waals surface area (Å²) in [6.07, 6.45) is 8.39. The summed E-state index contributed by atoms with van der Waals surface area (Å²) in [5.74, 6) is 6.70. The second-order valence-electron chi connectivity index (χ2n) is 4.27. The normalized spacial score (nSPS) is 10.4. The summed E-state index contributed by atoms with van der Waals surface area (Å²) in [5.41, 5.74) is 3.51. The van der Waals surface area contributed by atoms with E-state index in [0.29, 0.717) is 18.3 Å². The number of anilines is 1. The van der Waals surface area contributed by atoms with Crippen LogP contribution in [-0.2, 0) is 6.42 Å².